The van der Waals surface area contributed by atoms with E-state index in [1.54, 1.807) is 43.4 Å². The number of hydrogen-bond acceptors (Lipinski definition) is 5. The minimum atomic E-state index is -0.599. The summed E-state index contributed by atoms with van der Waals surface area (Å²) in [6.45, 7) is 5.98. The van der Waals surface area contributed by atoms with E-state index in [0.717, 1.165) is 17.7 Å². The average Bonchev–Trinajstić information content (AvgIpc) is 2.82. The molecular formula is C25H34N2O5. The van der Waals surface area contributed by atoms with Gasteiger partial charge in [-0.15, -0.1) is 0 Å². The first-order chi connectivity index (χ1) is 15.4. The van der Waals surface area contributed by atoms with Crippen LogP contribution in [0, 0.1) is 0 Å². The average molecular weight is 443 g/mol. The summed E-state index contributed by atoms with van der Waals surface area (Å²) < 4.78 is 16.1. The molecule has 32 heavy (non-hydrogen) atoms. The van der Waals surface area contributed by atoms with Crippen LogP contribution in [-0.2, 0) is 16.1 Å². The first kappa shape index (κ1) is 25.0. The minimum absolute atomic E-state index is 0.0324. The van der Waals surface area contributed by atoms with Gasteiger partial charge in [0.15, 0.2) is 6.61 Å². The van der Waals surface area contributed by atoms with Crippen LogP contribution in [-0.4, -0.2) is 49.6 Å². The molecule has 2 atom stereocenters. The Hall–Kier alpha value is -3.22. The van der Waals surface area contributed by atoms with Crippen molar-refractivity contribution in [1.29, 1.82) is 0 Å². The highest BCUT2D eigenvalue weighted by molar-refractivity contribution is 5.88. The fourth-order valence-electron chi connectivity index (χ4n) is 3.19. The van der Waals surface area contributed by atoms with E-state index in [-0.39, 0.29) is 24.5 Å². The molecular weight excluding hydrogens is 408 g/mol. The topological polar surface area (TPSA) is 77.1 Å². The summed E-state index contributed by atoms with van der Waals surface area (Å²) in [5.41, 5.74) is 0.901. The summed E-state index contributed by atoms with van der Waals surface area (Å²) in [7, 11) is 3.19. The summed E-state index contributed by atoms with van der Waals surface area (Å²) in [5, 5.41) is 3.00. The summed E-state index contributed by atoms with van der Waals surface area (Å²) >= 11 is 0. The quantitative estimate of drug-likeness (QED) is 0.541. The second-order valence-electron chi connectivity index (χ2n) is 7.58. The molecule has 2 aromatic rings. The van der Waals surface area contributed by atoms with Gasteiger partial charge in [-0.25, -0.2) is 0 Å². The first-order valence-electron chi connectivity index (χ1n) is 10.9. The summed E-state index contributed by atoms with van der Waals surface area (Å²) in [6.07, 6.45) is 1.31. The van der Waals surface area contributed by atoms with Gasteiger partial charge in [-0.1, -0.05) is 26.0 Å². The van der Waals surface area contributed by atoms with Crippen molar-refractivity contribution in [3.63, 3.8) is 0 Å². The van der Waals surface area contributed by atoms with Crippen molar-refractivity contribution in [3.05, 3.63) is 54.1 Å². The number of amides is 2. The number of carbonyl (C=O) groups is 2. The fourth-order valence-corrected chi connectivity index (χ4v) is 3.19. The lowest BCUT2D eigenvalue weighted by Crippen LogP contribution is -2.51. The second-order valence-corrected chi connectivity index (χ2v) is 7.58. The van der Waals surface area contributed by atoms with Gasteiger partial charge >= 0.3 is 0 Å². The molecule has 7 heteroatoms. The molecule has 0 saturated heterocycles. The number of rotatable bonds is 12. The third-order valence-corrected chi connectivity index (χ3v) is 5.32. The molecule has 0 aliphatic heterocycles. The van der Waals surface area contributed by atoms with Crippen molar-refractivity contribution >= 4 is 11.8 Å². The Balaban J connectivity index is 2.19. The third kappa shape index (κ3) is 7.18. The highest BCUT2D eigenvalue weighted by atomic mass is 16.5. The molecule has 2 amide bonds. The molecule has 2 aromatic carbocycles. The normalized spacial score (nSPS) is 12.4. The predicted molar refractivity (Wildman–Crippen MR) is 124 cm³/mol. The molecule has 0 radical (unpaired) electrons. The molecule has 0 saturated carbocycles. The van der Waals surface area contributed by atoms with Crippen molar-refractivity contribution in [2.24, 2.45) is 0 Å². The van der Waals surface area contributed by atoms with Gasteiger partial charge in [0, 0.05) is 12.6 Å². The Morgan fingerprint density at radius 3 is 1.91 bits per heavy atom. The maximum Gasteiger partial charge on any atom is 0.261 e. The summed E-state index contributed by atoms with van der Waals surface area (Å²) in [4.78, 5) is 27.7. The van der Waals surface area contributed by atoms with E-state index in [0.29, 0.717) is 24.5 Å². The fraction of sp³-hybridized carbons (Fsp3) is 0.440. The van der Waals surface area contributed by atoms with Crippen LogP contribution in [0.3, 0.4) is 0 Å². The molecule has 0 fully saturated rings. The maximum atomic E-state index is 13.2. The zero-order valence-corrected chi connectivity index (χ0v) is 19.6. The largest absolute Gasteiger partial charge is 0.497 e. The van der Waals surface area contributed by atoms with Gasteiger partial charge in [-0.2, -0.15) is 0 Å². The number of methoxy groups -OCH3 is 2. The lowest BCUT2D eigenvalue weighted by Gasteiger charge is -2.31. The number of hydrogen-bond donors (Lipinski definition) is 1. The number of benzene rings is 2. The molecule has 0 aliphatic carbocycles. The number of ether oxygens (including phenoxy) is 3. The Morgan fingerprint density at radius 1 is 0.875 bits per heavy atom. The Morgan fingerprint density at radius 2 is 1.41 bits per heavy atom. The van der Waals surface area contributed by atoms with E-state index in [1.807, 2.05) is 45.0 Å². The van der Waals surface area contributed by atoms with Crippen molar-refractivity contribution < 1.29 is 23.8 Å². The Kier molecular flexibility index (Phi) is 9.85. The zero-order chi connectivity index (χ0) is 23.5. The van der Waals surface area contributed by atoms with Crippen LogP contribution < -0.4 is 19.5 Å². The van der Waals surface area contributed by atoms with Crippen LogP contribution in [0.4, 0.5) is 0 Å². The molecule has 174 valence electrons. The van der Waals surface area contributed by atoms with Gasteiger partial charge in [0.2, 0.25) is 5.91 Å². The van der Waals surface area contributed by atoms with E-state index >= 15 is 0 Å². The van der Waals surface area contributed by atoms with Gasteiger partial charge in [0.05, 0.1) is 14.2 Å². The van der Waals surface area contributed by atoms with Crippen molar-refractivity contribution in [2.75, 3.05) is 20.8 Å². The van der Waals surface area contributed by atoms with Gasteiger partial charge < -0.3 is 24.4 Å². The van der Waals surface area contributed by atoms with E-state index in [2.05, 4.69) is 5.32 Å². The van der Waals surface area contributed by atoms with Crippen molar-refractivity contribution in [2.45, 2.75) is 52.2 Å². The SMILES string of the molecule is CC[C@H](C(=O)N[C@@H](C)CC)N(Cc1ccc(OC)cc1)C(=O)COc1ccc(OC)cc1. The monoisotopic (exact) mass is 442 g/mol. The summed E-state index contributed by atoms with van der Waals surface area (Å²) in [6, 6.07) is 13.9. The number of nitrogens with one attached hydrogen (secondary N) is 1. The van der Waals surface area contributed by atoms with Crippen LogP contribution in [0.15, 0.2) is 48.5 Å². The molecule has 1 N–H and O–H groups in total. The molecule has 0 spiro atoms. The van der Waals surface area contributed by atoms with Gasteiger partial charge in [0.25, 0.3) is 5.91 Å². The van der Waals surface area contributed by atoms with Crippen LogP contribution in [0.1, 0.15) is 39.2 Å². The Labute approximate surface area is 190 Å². The molecule has 2 rings (SSSR count). The number of nitrogens with zero attached hydrogens (tertiary/aromatic N) is 1. The van der Waals surface area contributed by atoms with E-state index in [4.69, 9.17) is 14.2 Å². The first-order valence-corrected chi connectivity index (χ1v) is 10.9. The van der Waals surface area contributed by atoms with Crippen molar-refractivity contribution in [1.82, 2.24) is 10.2 Å². The van der Waals surface area contributed by atoms with Crippen LogP contribution in [0.5, 0.6) is 17.2 Å². The zero-order valence-electron chi connectivity index (χ0n) is 19.6. The van der Waals surface area contributed by atoms with Crippen LogP contribution in [0.2, 0.25) is 0 Å². The lowest BCUT2D eigenvalue weighted by molar-refractivity contribution is -0.143. The smallest absolute Gasteiger partial charge is 0.261 e. The highest BCUT2D eigenvalue weighted by Gasteiger charge is 2.29. The van der Waals surface area contributed by atoms with Crippen LogP contribution >= 0.6 is 0 Å². The maximum absolute atomic E-state index is 13.2. The third-order valence-electron chi connectivity index (χ3n) is 5.32. The van der Waals surface area contributed by atoms with E-state index in [9.17, 15) is 9.59 Å². The number of carbonyl (C=O) groups excluding carboxylic acids is 2. The molecule has 0 unspecified atom stereocenters. The minimum Gasteiger partial charge on any atom is -0.497 e. The van der Waals surface area contributed by atoms with Crippen LogP contribution in [0.25, 0.3) is 0 Å². The van der Waals surface area contributed by atoms with E-state index in [1.165, 1.54) is 0 Å². The summed E-state index contributed by atoms with van der Waals surface area (Å²) in [5.74, 6) is 1.57. The molecule has 0 bridgehead atoms. The van der Waals surface area contributed by atoms with Gasteiger partial charge in [-0.05, 0) is 61.7 Å². The molecule has 0 aromatic heterocycles. The molecule has 0 heterocycles. The molecule has 0 aliphatic rings. The van der Waals surface area contributed by atoms with E-state index < -0.39 is 6.04 Å². The lowest BCUT2D eigenvalue weighted by atomic mass is 10.1. The highest BCUT2D eigenvalue weighted by Crippen LogP contribution is 2.19. The predicted octanol–water partition coefficient (Wildman–Crippen LogP) is 3.80. The second kappa shape index (κ2) is 12.6. The molecule has 7 nitrogen and oxygen atoms in total. The Bertz CT molecular complexity index is 852. The van der Waals surface area contributed by atoms with Crippen molar-refractivity contribution in [3.8, 4) is 17.2 Å². The van der Waals surface area contributed by atoms with Gasteiger partial charge in [-0.3, -0.25) is 9.59 Å². The van der Waals surface area contributed by atoms with Gasteiger partial charge in [0.1, 0.15) is 23.3 Å². The standard InChI is InChI=1S/C25H34N2O5/c1-6-18(3)26-25(29)23(7-2)27(16-19-8-10-20(30-4)11-9-19)24(28)17-32-22-14-12-21(31-5)13-15-22/h8-15,18,23H,6-7,16-17H2,1-5H3,(H,26,29)/t18-,23+/m0/s1.